The lowest BCUT2D eigenvalue weighted by Gasteiger charge is -2.14. The molecule has 2 aliphatic rings. The molecular formula is C10H14O2. The first-order valence-corrected chi connectivity index (χ1v) is 4.46. The normalized spacial score (nSPS) is 44.7. The van der Waals surface area contributed by atoms with Crippen molar-refractivity contribution in [3.05, 3.63) is 11.6 Å². The van der Waals surface area contributed by atoms with Crippen molar-refractivity contribution >= 4 is 5.97 Å². The van der Waals surface area contributed by atoms with Crippen LogP contribution in [0.5, 0.6) is 0 Å². The van der Waals surface area contributed by atoms with Crippen molar-refractivity contribution in [2.24, 2.45) is 17.3 Å². The van der Waals surface area contributed by atoms with Gasteiger partial charge in [-0.25, -0.2) is 0 Å². The Balaban J connectivity index is 2.23. The Morgan fingerprint density at radius 3 is 2.92 bits per heavy atom. The van der Waals surface area contributed by atoms with E-state index in [9.17, 15) is 4.79 Å². The van der Waals surface area contributed by atoms with Crippen LogP contribution in [0.25, 0.3) is 0 Å². The minimum absolute atomic E-state index is 0.0886. The van der Waals surface area contributed by atoms with E-state index in [0.717, 1.165) is 12.8 Å². The predicted molar refractivity (Wildman–Crippen MR) is 45.7 cm³/mol. The maximum absolute atomic E-state index is 10.8. The molecule has 2 rings (SSSR count). The number of carboxylic acids is 1. The summed E-state index contributed by atoms with van der Waals surface area (Å²) in [6.07, 6.45) is 4.29. The van der Waals surface area contributed by atoms with E-state index in [1.807, 2.05) is 0 Å². The molecule has 66 valence electrons. The zero-order valence-corrected chi connectivity index (χ0v) is 7.50. The van der Waals surface area contributed by atoms with E-state index < -0.39 is 5.97 Å². The third-order valence-corrected chi connectivity index (χ3v) is 3.51. The van der Waals surface area contributed by atoms with Crippen LogP contribution in [0.15, 0.2) is 11.6 Å². The number of aliphatic carboxylic acids is 1. The highest BCUT2D eigenvalue weighted by molar-refractivity contribution is 5.76. The molecule has 1 fully saturated rings. The van der Waals surface area contributed by atoms with Gasteiger partial charge in [0.2, 0.25) is 0 Å². The van der Waals surface area contributed by atoms with E-state index in [1.54, 1.807) is 0 Å². The molecule has 2 nitrogen and oxygen atoms in total. The molecule has 0 saturated heterocycles. The molecule has 1 N–H and O–H groups in total. The fourth-order valence-corrected chi connectivity index (χ4v) is 2.50. The Bertz CT molecular complexity index is 267. The number of allylic oxidation sites excluding steroid dienone is 2. The van der Waals surface area contributed by atoms with E-state index >= 15 is 0 Å². The van der Waals surface area contributed by atoms with Crippen LogP contribution in [0.3, 0.4) is 0 Å². The summed E-state index contributed by atoms with van der Waals surface area (Å²) in [5.41, 5.74) is 1.45. The van der Waals surface area contributed by atoms with Gasteiger partial charge in [-0.2, -0.15) is 0 Å². The van der Waals surface area contributed by atoms with Crippen LogP contribution < -0.4 is 0 Å². The van der Waals surface area contributed by atoms with Crippen LogP contribution >= 0.6 is 0 Å². The predicted octanol–water partition coefficient (Wildman–Crippen LogP) is 2.06. The SMILES string of the molecule is CC1=C[C@H]2[C@@H](C(=O)O)[C@@]2(C)CC1. The molecule has 0 unspecified atom stereocenters. The maximum Gasteiger partial charge on any atom is 0.307 e. The second-order valence-corrected chi connectivity index (χ2v) is 4.36. The van der Waals surface area contributed by atoms with Crippen molar-refractivity contribution in [1.29, 1.82) is 0 Å². The molecule has 0 aromatic heterocycles. The van der Waals surface area contributed by atoms with Gasteiger partial charge < -0.3 is 5.11 Å². The summed E-state index contributed by atoms with van der Waals surface area (Å²) in [4.78, 5) is 10.8. The van der Waals surface area contributed by atoms with Gasteiger partial charge >= 0.3 is 5.97 Å². The van der Waals surface area contributed by atoms with Gasteiger partial charge in [0.1, 0.15) is 0 Å². The summed E-state index contributed by atoms with van der Waals surface area (Å²) in [7, 11) is 0. The van der Waals surface area contributed by atoms with Gasteiger partial charge in [0.05, 0.1) is 5.92 Å². The topological polar surface area (TPSA) is 37.3 Å². The summed E-state index contributed by atoms with van der Waals surface area (Å²) >= 11 is 0. The molecule has 3 atom stereocenters. The first-order valence-electron chi connectivity index (χ1n) is 4.46. The number of hydrogen-bond donors (Lipinski definition) is 1. The van der Waals surface area contributed by atoms with Crippen molar-refractivity contribution in [2.75, 3.05) is 0 Å². The summed E-state index contributed by atoms with van der Waals surface area (Å²) in [5, 5.41) is 8.91. The molecular weight excluding hydrogens is 152 g/mol. The molecule has 0 aromatic carbocycles. The quantitative estimate of drug-likeness (QED) is 0.605. The van der Waals surface area contributed by atoms with Crippen LogP contribution in [0, 0.1) is 17.3 Å². The number of carbonyl (C=O) groups is 1. The molecule has 2 heteroatoms. The van der Waals surface area contributed by atoms with Gasteiger partial charge in [0.25, 0.3) is 0 Å². The largest absolute Gasteiger partial charge is 0.481 e. The van der Waals surface area contributed by atoms with Crippen LogP contribution in [0.4, 0.5) is 0 Å². The summed E-state index contributed by atoms with van der Waals surface area (Å²) in [6, 6.07) is 0. The molecule has 0 radical (unpaired) electrons. The molecule has 12 heavy (non-hydrogen) atoms. The molecule has 1 saturated carbocycles. The summed E-state index contributed by atoms with van der Waals surface area (Å²) < 4.78 is 0. The van der Waals surface area contributed by atoms with Crippen LogP contribution in [0.1, 0.15) is 26.7 Å². The first kappa shape index (κ1) is 7.84. The number of carboxylic acid groups (broad SMARTS) is 1. The van der Waals surface area contributed by atoms with E-state index in [0.29, 0.717) is 5.92 Å². The second kappa shape index (κ2) is 2.12. The lowest BCUT2D eigenvalue weighted by Crippen LogP contribution is -2.07. The van der Waals surface area contributed by atoms with Crippen LogP contribution in [0.2, 0.25) is 0 Å². The highest BCUT2D eigenvalue weighted by atomic mass is 16.4. The molecule has 0 bridgehead atoms. The lowest BCUT2D eigenvalue weighted by atomic mass is 9.90. The third-order valence-electron chi connectivity index (χ3n) is 3.51. The number of hydrogen-bond acceptors (Lipinski definition) is 1. The molecule has 0 spiro atoms. The fraction of sp³-hybridized carbons (Fsp3) is 0.700. The van der Waals surface area contributed by atoms with Gasteiger partial charge in [-0.05, 0) is 31.1 Å². The molecule has 0 aliphatic heterocycles. The van der Waals surface area contributed by atoms with Gasteiger partial charge in [-0.1, -0.05) is 18.6 Å². The Kier molecular flexibility index (Phi) is 1.39. The van der Waals surface area contributed by atoms with Crippen molar-refractivity contribution in [3.8, 4) is 0 Å². The minimum atomic E-state index is -0.617. The molecule has 2 aliphatic carbocycles. The Morgan fingerprint density at radius 1 is 1.75 bits per heavy atom. The zero-order valence-electron chi connectivity index (χ0n) is 7.50. The van der Waals surface area contributed by atoms with Crippen molar-refractivity contribution < 1.29 is 9.90 Å². The molecule has 0 aromatic rings. The van der Waals surface area contributed by atoms with Gasteiger partial charge in [0, 0.05) is 0 Å². The van der Waals surface area contributed by atoms with Crippen LogP contribution in [-0.2, 0) is 4.79 Å². The fourth-order valence-electron chi connectivity index (χ4n) is 2.50. The van der Waals surface area contributed by atoms with E-state index in [1.165, 1.54) is 5.57 Å². The average Bonchev–Trinajstić information content (AvgIpc) is 2.55. The van der Waals surface area contributed by atoms with Gasteiger partial charge in [-0.15, -0.1) is 0 Å². The highest BCUT2D eigenvalue weighted by Gasteiger charge is 2.64. The van der Waals surface area contributed by atoms with Gasteiger partial charge in [-0.3, -0.25) is 4.79 Å². The van der Waals surface area contributed by atoms with E-state index in [4.69, 9.17) is 5.11 Å². The lowest BCUT2D eigenvalue weighted by molar-refractivity contribution is -0.139. The maximum atomic E-state index is 10.8. The van der Waals surface area contributed by atoms with Crippen molar-refractivity contribution in [2.45, 2.75) is 26.7 Å². The van der Waals surface area contributed by atoms with Gasteiger partial charge in [0.15, 0.2) is 0 Å². The Labute approximate surface area is 72.3 Å². The van der Waals surface area contributed by atoms with Crippen molar-refractivity contribution in [3.63, 3.8) is 0 Å². The first-order chi connectivity index (χ1) is 5.55. The number of rotatable bonds is 1. The summed E-state index contributed by atoms with van der Waals surface area (Å²) in [5.74, 6) is -0.396. The smallest absolute Gasteiger partial charge is 0.307 e. The Hall–Kier alpha value is -0.790. The Morgan fingerprint density at radius 2 is 2.42 bits per heavy atom. The minimum Gasteiger partial charge on any atom is -0.481 e. The van der Waals surface area contributed by atoms with E-state index in [2.05, 4.69) is 19.9 Å². The highest BCUT2D eigenvalue weighted by Crippen LogP contribution is 2.64. The molecule has 0 heterocycles. The van der Waals surface area contributed by atoms with E-state index in [-0.39, 0.29) is 11.3 Å². The second-order valence-electron chi connectivity index (χ2n) is 4.36. The standard InChI is InChI=1S/C10H14O2/c1-6-3-4-10(2)7(5-6)8(10)9(11)12/h5,7-8H,3-4H2,1-2H3,(H,11,12)/t7-,8-,10-/m0/s1. The average molecular weight is 166 g/mol. The van der Waals surface area contributed by atoms with Crippen LogP contribution in [-0.4, -0.2) is 11.1 Å². The summed E-state index contributed by atoms with van der Waals surface area (Å²) in [6.45, 7) is 4.19. The van der Waals surface area contributed by atoms with Crippen molar-refractivity contribution in [1.82, 2.24) is 0 Å². The third kappa shape index (κ3) is 0.838. The number of fused-ring (bicyclic) bond motifs is 1. The molecule has 0 amide bonds. The zero-order chi connectivity index (χ0) is 8.93. The monoisotopic (exact) mass is 166 g/mol.